The zero-order valence-electron chi connectivity index (χ0n) is 16.5. The minimum atomic E-state index is -0.361. The summed E-state index contributed by atoms with van der Waals surface area (Å²) < 4.78 is 25.2. The summed E-state index contributed by atoms with van der Waals surface area (Å²) in [6.45, 7) is 4.50. The third-order valence-corrected chi connectivity index (χ3v) is 6.48. The Morgan fingerprint density at radius 1 is 1.17 bits per heavy atom. The van der Waals surface area contributed by atoms with Crippen LogP contribution >= 0.6 is 11.5 Å². The molecule has 1 amide bonds. The SMILES string of the molecule is C[C@@H]1c2nnc(-c3nc(C4CCOCC4)ns3)n2CCN1C(=O)c1ccc(F)cc1. The van der Waals surface area contributed by atoms with Crippen LogP contribution in [0.5, 0.6) is 0 Å². The van der Waals surface area contributed by atoms with Crippen molar-refractivity contribution in [2.24, 2.45) is 0 Å². The van der Waals surface area contributed by atoms with Gasteiger partial charge in [0.25, 0.3) is 5.91 Å². The van der Waals surface area contributed by atoms with Crippen molar-refractivity contribution in [1.29, 1.82) is 0 Å². The lowest BCUT2D eigenvalue weighted by atomic mass is 10.00. The molecule has 0 spiro atoms. The maximum Gasteiger partial charge on any atom is 0.254 e. The van der Waals surface area contributed by atoms with Gasteiger partial charge in [0.15, 0.2) is 16.7 Å². The molecule has 156 valence electrons. The number of benzene rings is 1. The molecule has 0 saturated carbocycles. The van der Waals surface area contributed by atoms with Gasteiger partial charge in [-0.05, 0) is 55.6 Å². The first-order valence-corrected chi connectivity index (χ1v) is 10.8. The topological polar surface area (TPSA) is 86.0 Å². The molecule has 0 N–H and O–H groups in total. The Morgan fingerprint density at radius 3 is 2.70 bits per heavy atom. The molecular formula is C20H21FN6O2S. The van der Waals surface area contributed by atoms with Gasteiger partial charge < -0.3 is 14.2 Å². The second-order valence-electron chi connectivity index (χ2n) is 7.56. The number of carbonyl (C=O) groups is 1. The van der Waals surface area contributed by atoms with E-state index in [-0.39, 0.29) is 17.8 Å². The molecule has 0 bridgehead atoms. The van der Waals surface area contributed by atoms with E-state index in [1.165, 1.54) is 35.8 Å². The fourth-order valence-electron chi connectivity index (χ4n) is 4.03. The van der Waals surface area contributed by atoms with E-state index >= 15 is 0 Å². The monoisotopic (exact) mass is 428 g/mol. The van der Waals surface area contributed by atoms with E-state index in [1.807, 2.05) is 11.5 Å². The Labute approximate surface area is 176 Å². The molecule has 2 aliphatic rings. The van der Waals surface area contributed by atoms with Gasteiger partial charge in [0.2, 0.25) is 0 Å². The smallest absolute Gasteiger partial charge is 0.254 e. The lowest BCUT2D eigenvalue weighted by molar-refractivity contribution is 0.0638. The van der Waals surface area contributed by atoms with E-state index in [9.17, 15) is 9.18 Å². The maximum absolute atomic E-state index is 13.2. The zero-order chi connectivity index (χ0) is 20.7. The van der Waals surface area contributed by atoms with E-state index in [0.717, 1.165) is 42.7 Å². The molecule has 4 heterocycles. The van der Waals surface area contributed by atoms with Crippen LogP contribution in [-0.2, 0) is 11.3 Å². The summed E-state index contributed by atoms with van der Waals surface area (Å²) in [5, 5.41) is 9.47. The van der Waals surface area contributed by atoms with Gasteiger partial charge >= 0.3 is 0 Å². The molecule has 3 aromatic rings. The molecule has 10 heteroatoms. The first kappa shape index (κ1) is 19.3. The molecule has 1 saturated heterocycles. The highest BCUT2D eigenvalue weighted by molar-refractivity contribution is 7.09. The molecule has 0 unspecified atom stereocenters. The van der Waals surface area contributed by atoms with Crippen molar-refractivity contribution < 1.29 is 13.9 Å². The van der Waals surface area contributed by atoms with E-state index in [1.54, 1.807) is 4.90 Å². The highest BCUT2D eigenvalue weighted by Crippen LogP contribution is 2.32. The first-order valence-electron chi connectivity index (χ1n) is 10.0. The predicted octanol–water partition coefficient (Wildman–Crippen LogP) is 3.05. The molecule has 0 radical (unpaired) electrons. The minimum absolute atomic E-state index is 0.143. The van der Waals surface area contributed by atoms with Crippen LogP contribution in [0.15, 0.2) is 24.3 Å². The fourth-order valence-corrected chi connectivity index (χ4v) is 4.76. The molecular weight excluding hydrogens is 407 g/mol. The molecule has 0 aliphatic carbocycles. The summed E-state index contributed by atoms with van der Waals surface area (Å²) in [6, 6.07) is 5.37. The van der Waals surface area contributed by atoms with Crippen molar-refractivity contribution in [1.82, 2.24) is 29.0 Å². The highest BCUT2D eigenvalue weighted by Gasteiger charge is 2.33. The van der Waals surface area contributed by atoms with Gasteiger partial charge in [-0.3, -0.25) is 4.79 Å². The molecule has 1 aromatic carbocycles. The van der Waals surface area contributed by atoms with Crippen LogP contribution in [-0.4, -0.2) is 54.7 Å². The Kier molecular flexibility index (Phi) is 5.03. The first-order chi connectivity index (χ1) is 14.6. The van der Waals surface area contributed by atoms with Gasteiger partial charge in [0.1, 0.15) is 11.6 Å². The van der Waals surface area contributed by atoms with Gasteiger partial charge in [0.05, 0.1) is 6.04 Å². The average Bonchev–Trinajstić information content (AvgIpc) is 3.42. The lowest BCUT2D eigenvalue weighted by Gasteiger charge is -2.33. The van der Waals surface area contributed by atoms with E-state index in [2.05, 4.69) is 14.6 Å². The fraction of sp³-hybridized carbons (Fsp3) is 0.450. The number of nitrogens with zero attached hydrogens (tertiary/aromatic N) is 6. The number of hydrogen-bond acceptors (Lipinski definition) is 7. The van der Waals surface area contributed by atoms with Crippen LogP contribution in [0.4, 0.5) is 4.39 Å². The third kappa shape index (κ3) is 3.39. The molecule has 1 fully saturated rings. The Hall–Kier alpha value is -2.72. The van der Waals surface area contributed by atoms with E-state index in [4.69, 9.17) is 9.72 Å². The van der Waals surface area contributed by atoms with Crippen LogP contribution in [0, 0.1) is 5.82 Å². The largest absolute Gasteiger partial charge is 0.381 e. The number of halogens is 1. The third-order valence-electron chi connectivity index (χ3n) is 5.76. The summed E-state index contributed by atoms with van der Waals surface area (Å²) in [6.07, 6.45) is 1.87. The van der Waals surface area contributed by atoms with Crippen molar-refractivity contribution in [3.8, 4) is 10.8 Å². The van der Waals surface area contributed by atoms with Crippen LogP contribution in [0.1, 0.15) is 53.7 Å². The summed E-state index contributed by atoms with van der Waals surface area (Å²) >= 11 is 1.34. The van der Waals surface area contributed by atoms with Gasteiger partial charge in [-0.15, -0.1) is 10.2 Å². The highest BCUT2D eigenvalue weighted by atomic mass is 32.1. The molecule has 8 nitrogen and oxygen atoms in total. The molecule has 30 heavy (non-hydrogen) atoms. The number of fused-ring (bicyclic) bond motifs is 1. The van der Waals surface area contributed by atoms with Gasteiger partial charge in [-0.2, -0.15) is 4.37 Å². The van der Waals surface area contributed by atoms with Gasteiger partial charge in [-0.1, -0.05) is 0 Å². The average molecular weight is 428 g/mol. The standard InChI is InChI=1S/C20H21FN6O2S/c1-12-17-23-24-18(19-22-16(25-30-19)13-6-10-29-11-7-13)27(17)9-8-26(12)20(28)14-2-4-15(21)5-3-14/h2-5,12-13H,6-11H2,1H3/t12-/m1/s1. The van der Waals surface area contributed by atoms with Crippen molar-refractivity contribution >= 4 is 17.4 Å². The van der Waals surface area contributed by atoms with Crippen molar-refractivity contribution in [2.45, 2.75) is 38.3 Å². The van der Waals surface area contributed by atoms with Gasteiger partial charge in [-0.25, -0.2) is 9.37 Å². The minimum Gasteiger partial charge on any atom is -0.381 e. The second-order valence-corrected chi connectivity index (χ2v) is 8.31. The van der Waals surface area contributed by atoms with E-state index in [0.29, 0.717) is 30.4 Å². The number of carbonyl (C=O) groups excluding carboxylic acids is 1. The lowest BCUT2D eigenvalue weighted by Crippen LogP contribution is -2.41. The molecule has 5 rings (SSSR count). The Morgan fingerprint density at radius 2 is 1.93 bits per heavy atom. The van der Waals surface area contributed by atoms with Crippen LogP contribution in [0.2, 0.25) is 0 Å². The molecule has 1 atom stereocenters. The van der Waals surface area contributed by atoms with Crippen LogP contribution in [0.25, 0.3) is 10.8 Å². The number of hydrogen-bond donors (Lipinski definition) is 0. The number of ether oxygens (including phenoxy) is 1. The summed E-state index contributed by atoms with van der Waals surface area (Å²) in [5.74, 6) is 2.09. The Balaban J connectivity index is 1.38. The van der Waals surface area contributed by atoms with Gasteiger partial charge in [0, 0.05) is 37.8 Å². The quantitative estimate of drug-likeness (QED) is 0.637. The second kappa shape index (κ2) is 7.84. The molecule has 2 aromatic heterocycles. The van der Waals surface area contributed by atoms with Crippen molar-refractivity contribution in [3.63, 3.8) is 0 Å². The maximum atomic E-state index is 13.2. The predicted molar refractivity (Wildman–Crippen MR) is 108 cm³/mol. The Bertz CT molecular complexity index is 1060. The van der Waals surface area contributed by atoms with Crippen molar-refractivity contribution in [3.05, 3.63) is 47.3 Å². The van der Waals surface area contributed by atoms with Crippen LogP contribution < -0.4 is 0 Å². The summed E-state index contributed by atoms with van der Waals surface area (Å²) in [7, 11) is 0. The summed E-state index contributed by atoms with van der Waals surface area (Å²) in [5.41, 5.74) is 0.460. The number of aromatic nitrogens is 5. The summed E-state index contributed by atoms with van der Waals surface area (Å²) in [4.78, 5) is 19.4. The van der Waals surface area contributed by atoms with E-state index < -0.39 is 0 Å². The number of rotatable bonds is 3. The normalized spacial score (nSPS) is 19.7. The zero-order valence-corrected chi connectivity index (χ0v) is 17.3. The van der Waals surface area contributed by atoms with Crippen molar-refractivity contribution in [2.75, 3.05) is 19.8 Å². The van der Waals surface area contributed by atoms with Crippen LogP contribution in [0.3, 0.4) is 0 Å². The molecule has 2 aliphatic heterocycles. The number of amides is 1.